The van der Waals surface area contributed by atoms with Crippen LogP contribution in [0.2, 0.25) is 0 Å². The second-order valence-electron chi connectivity index (χ2n) is 6.64. The number of aromatic nitrogens is 1. The molecule has 1 atom stereocenters. The predicted molar refractivity (Wildman–Crippen MR) is 106 cm³/mol. The number of hydrogen-bond donors (Lipinski definition) is 2. The van der Waals surface area contributed by atoms with Gasteiger partial charge in [0.15, 0.2) is 5.78 Å². The van der Waals surface area contributed by atoms with Crippen molar-refractivity contribution in [1.29, 1.82) is 0 Å². The van der Waals surface area contributed by atoms with Gasteiger partial charge in [-0.15, -0.1) is 0 Å². The van der Waals surface area contributed by atoms with E-state index in [9.17, 15) is 18.8 Å². The highest BCUT2D eigenvalue weighted by Crippen LogP contribution is 2.19. The van der Waals surface area contributed by atoms with Crippen molar-refractivity contribution in [2.24, 2.45) is 0 Å². The molecule has 1 aromatic heterocycles. The Bertz CT molecular complexity index is 1030. The number of esters is 1. The highest BCUT2D eigenvalue weighted by Gasteiger charge is 2.23. The van der Waals surface area contributed by atoms with E-state index in [1.54, 1.807) is 6.20 Å². The number of amides is 1. The van der Waals surface area contributed by atoms with E-state index in [1.165, 1.54) is 31.4 Å². The fourth-order valence-corrected chi connectivity index (χ4v) is 3.13. The standard InChI is InChI=1S/C22H21FN2O4/c1-29-22(28)19(12-15-13-24-18-5-3-2-4-17(15)18)25-21(27)11-10-20(26)14-6-8-16(23)9-7-14/h2-9,13,19,24H,10-12H2,1H3,(H,25,27)/t19-/m0/s1. The van der Waals surface area contributed by atoms with E-state index >= 15 is 0 Å². The van der Waals surface area contributed by atoms with E-state index < -0.39 is 23.7 Å². The maximum atomic E-state index is 12.9. The van der Waals surface area contributed by atoms with Crippen molar-refractivity contribution in [2.75, 3.05) is 7.11 Å². The lowest BCUT2D eigenvalue weighted by Crippen LogP contribution is -2.43. The molecule has 0 bridgehead atoms. The Kier molecular flexibility index (Phi) is 6.39. The van der Waals surface area contributed by atoms with E-state index in [0.29, 0.717) is 5.56 Å². The first-order valence-corrected chi connectivity index (χ1v) is 9.19. The average molecular weight is 396 g/mol. The Morgan fingerprint density at radius 2 is 1.79 bits per heavy atom. The van der Waals surface area contributed by atoms with Gasteiger partial charge in [-0.2, -0.15) is 0 Å². The number of carbonyl (C=O) groups is 3. The Hall–Kier alpha value is -3.48. The third-order valence-electron chi connectivity index (χ3n) is 4.67. The SMILES string of the molecule is COC(=O)[C@H](Cc1c[nH]c2ccccc12)NC(=O)CCC(=O)c1ccc(F)cc1. The number of Topliss-reactive ketones (excluding diaryl/α,β-unsaturated/α-hetero) is 1. The number of aromatic amines is 1. The van der Waals surface area contributed by atoms with Gasteiger partial charge in [-0.1, -0.05) is 18.2 Å². The quantitative estimate of drug-likeness (QED) is 0.452. The molecule has 3 aromatic rings. The minimum absolute atomic E-state index is 0.0432. The van der Waals surface area contributed by atoms with E-state index in [-0.39, 0.29) is 25.0 Å². The maximum absolute atomic E-state index is 12.9. The summed E-state index contributed by atoms with van der Waals surface area (Å²) in [7, 11) is 1.26. The van der Waals surface area contributed by atoms with Crippen LogP contribution in [0.3, 0.4) is 0 Å². The molecular formula is C22H21FN2O4. The molecule has 2 aromatic carbocycles. The van der Waals surface area contributed by atoms with Gasteiger partial charge in [0.1, 0.15) is 11.9 Å². The van der Waals surface area contributed by atoms with E-state index in [4.69, 9.17) is 4.74 Å². The lowest BCUT2D eigenvalue weighted by atomic mass is 10.0. The highest BCUT2D eigenvalue weighted by molar-refractivity contribution is 5.98. The Morgan fingerprint density at radius 1 is 1.07 bits per heavy atom. The van der Waals surface area contributed by atoms with Crippen LogP contribution in [0.4, 0.5) is 4.39 Å². The van der Waals surface area contributed by atoms with Gasteiger partial charge in [0.05, 0.1) is 7.11 Å². The molecule has 150 valence electrons. The molecule has 0 aliphatic carbocycles. The summed E-state index contributed by atoms with van der Waals surface area (Å²) >= 11 is 0. The maximum Gasteiger partial charge on any atom is 0.328 e. The summed E-state index contributed by atoms with van der Waals surface area (Å²) in [5, 5.41) is 3.61. The number of halogens is 1. The molecule has 0 aliphatic rings. The monoisotopic (exact) mass is 396 g/mol. The second kappa shape index (κ2) is 9.14. The van der Waals surface area contributed by atoms with Gasteiger partial charge in [-0.3, -0.25) is 9.59 Å². The molecule has 0 unspecified atom stereocenters. The highest BCUT2D eigenvalue weighted by atomic mass is 19.1. The zero-order chi connectivity index (χ0) is 20.8. The molecule has 0 saturated heterocycles. The Labute approximate surface area is 167 Å². The van der Waals surface area contributed by atoms with Gasteiger partial charge in [-0.05, 0) is 35.9 Å². The number of nitrogens with one attached hydrogen (secondary N) is 2. The number of rotatable bonds is 8. The first-order valence-electron chi connectivity index (χ1n) is 9.19. The second-order valence-corrected chi connectivity index (χ2v) is 6.64. The van der Waals surface area contributed by atoms with Gasteiger partial charge < -0.3 is 15.0 Å². The average Bonchev–Trinajstić information content (AvgIpc) is 3.14. The fraction of sp³-hybridized carbons (Fsp3) is 0.227. The van der Waals surface area contributed by atoms with Crippen molar-refractivity contribution in [3.05, 3.63) is 71.7 Å². The number of carbonyl (C=O) groups excluding carboxylic acids is 3. The zero-order valence-corrected chi connectivity index (χ0v) is 15.9. The van der Waals surface area contributed by atoms with Crippen LogP contribution >= 0.6 is 0 Å². The van der Waals surface area contributed by atoms with Crippen LogP contribution in [0.25, 0.3) is 10.9 Å². The molecule has 0 aliphatic heterocycles. The topological polar surface area (TPSA) is 88.3 Å². The molecule has 1 amide bonds. The van der Waals surface area contributed by atoms with Crippen molar-refractivity contribution < 1.29 is 23.5 Å². The van der Waals surface area contributed by atoms with E-state index in [0.717, 1.165) is 16.5 Å². The summed E-state index contributed by atoms with van der Waals surface area (Å²) in [6, 6.07) is 11.9. The number of ketones is 1. The molecule has 3 rings (SSSR count). The Morgan fingerprint density at radius 3 is 2.52 bits per heavy atom. The van der Waals surface area contributed by atoms with Crippen LogP contribution in [-0.4, -0.2) is 35.8 Å². The third-order valence-corrected chi connectivity index (χ3v) is 4.67. The number of hydrogen-bond acceptors (Lipinski definition) is 4. The minimum Gasteiger partial charge on any atom is -0.467 e. The molecule has 6 nitrogen and oxygen atoms in total. The Balaban J connectivity index is 1.62. The van der Waals surface area contributed by atoms with Crippen LogP contribution in [0, 0.1) is 5.82 Å². The van der Waals surface area contributed by atoms with Gasteiger partial charge in [0.25, 0.3) is 0 Å². The number of benzene rings is 2. The van der Waals surface area contributed by atoms with Crippen LogP contribution in [0.15, 0.2) is 54.7 Å². The van der Waals surface area contributed by atoms with Gasteiger partial charge in [-0.25, -0.2) is 9.18 Å². The number of methoxy groups -OCH3 is 1. The zero-order valence-electron chi connectivity index (χ0n) is 15.9. The molecule has 29 heavy (non-hydrogen) atoms. The predicted octanol–water partition coefficient (Wildman–Crippen LogP) is 3.17. The summed E-state index contributed by atoms with van der Waals surface area (Å²) in [5.74, 6) is -1.70. The minimum atomic E-state index is -0.868. The third kappa shape index (κ3) is 5.07. The van der Waals surface area contributed by atoms with Crippen LogP contribution in [-0.2, 0) is 20.7 Å². The molecule has 7 heteroatoms. The summed E-state index contributed by atoms with van der Waals surface area (Å²) < 4.78 is 17.8. The molecule has 0 saturated carbocycles. The van der Waals surface area contributed by atoms with E-state index in [2.05, 4.69) is 10.3 Å². The van der Waals surface area contributed by atoms with Crippen LogP contribution in [0.1, 0.15) is 28.8 Å². The smallest absolute Gasteiger partial charge is 0.328 e. The van der Waals surface area contributed by atoms with Crippen molar-refractivity contribution in [3.63, 3.8) is 0 Å². The van der Waals surface area contributed by atoms with Gasteiger partial charge in [0, 0.05) is 41.9 Å². The number of H-pyrrole nitrogens is 1. The number of ether oxygens (including phenoxy) is 1. The summed E-state index contributed by atoms with van der Waals surface area (Å²) in [5.41, 5.74) is 2.14. The summed E-state index contributed by atoms with van der Waals surface area (Å²) in [6.07, 6.45) is 1.93. The molecule has 0 radical (unpaired) electrons. The van der Waals surface area contributed by atoms with Gasteiger partial charge >= 0.3 is 5.97 Å². The summed E-state index contributed by atoms with van der Waals surface area (Å²) in [4.78, 5) is 39.7. The van der Waals surface area contributed by atoms with Gasteiger partial charge in [0.2, 0.25) is 5.91 Å². The molecule has 2 N–H and O–H groups in total. The fourth-order valence-electron chi connectivity index (χ4n) is 3.13. The first kappa shape index (κ1) is 20.3. The lowest BCUT2D eigenvalue weighted by Gasteiger charge is -2.16. The largest absolute Gasteiger partial charge is 0.467 e. The van der Waals surface area contributed by atoms with E-state index in [1.807, 2.05) is 24.3 Å². The van der Waals surface area contributed by atoms with Crippen molar-refractivity contribution in [1.82, 2.24) is 10.3 Å². The molecule has 0 spiro atoms. The molecule has 0 fully saturated rings. The number of fused-ring (bicyclic) bond motifs is 1. The normalized spacial score (nSPS) is 11.8. The first-order chi connectivity index (χ1) is 14.0. The van der Waals surface area contributed by atoms with Crippen LogP contribution < -0.4 is 5.32 Å². The molecular weight excluding hydrogens is 375 g/mol. The van der Waals surface area contributed by atoms with Crippen molar-refractivity contribution >= 4 is 28.6 Å². The summed E-state index contributed by atoms with van der Waals surface area (Å²) in [6.45, 7) is 0. The molecule has 1 heterocycles. The number of para-hydroxylation sites is 1. The van der Waals surface area contributed by atoms with Crippen LogP contribution in [0.5, 0.6) is 0 Å². The van der Waals surface area contributed by atoms with Crippen molar-refractivity contribution in [3.8, 4) is 0 Å². The van der Waals surface area contributed by atoms with Crippen molar-refractivity contribution in [2.45, 2.75) is 25.3 Å². The lowest BCUT2D eigenvalue weighted by molar-refractivity contribution is -0.145.